The molecule has 0 atom stereocenters. The maximum atomic E-state index is 12.2. The molecule has 0 unspecified atom stereocenters. The molecule has 0 aliphatic heterocycles. The van der Waals surface area contributed by atoms with Crippen molar-refractivity contribution in [3.63, 3.8) is 0 Å². The van der Waals surface area contributed by atoms with Gasteiger partial charge in [0.05, 0.1) is 23.8 Å². The van der Waals surface area contributed by atoms with Gasteiger partial charge in [0.1, 0.15) is 4.60 Å². The van der Waals surface area contributed by atoms with E-state index in [0.29, 0.717) is 10.2 Å². The fourth-order valence-corrected chi connectivity index (χ4v) is 2.33. The normalized spacial score (nSPS) is 10.3. The van der Waals surface area contributed by atoms with Crippen LogP contribution in [0.1, 0.15) is 10.4 Å². The topological polar surface area (TPSA) is 70.7 Å². The molecule has 3 aromatic rings. The van der Waals surface area contributed by atoms with Gasteiger partial charge in [0.2, 0.25) is 0 Å². The molecule has 5 nitrogen and oxygen atoms in total. The molecule has 0 bridgehead atoms. The van der Waals surface area contributed by atoms with Crippen molar-refractivity contribution >= 4 is 27.5 Å². The van der Waals surface area contributed by atoms with E-state index in [-0.39, 0.29) is 5.91 Å². The van der Waals surface area contributed by atoms with Crippen LogP contribution < -0.4 is 5.32 Å². The van der Waals surface area contributed by atoms with Crippen LogP contribution in [0.5, 0.6) is 0 Å². The van der Waals surface area contributed by atoms with Crippen LogP contribution in [-0.4, -0.2) is 20.9 Å². The molecule has 1 aromatic carbocycles. The second-order valence-corrected chi connectivity index (χ2v) is 5.09. The van der Waals surface area contributed by atoms with Crippen molar-refractivity contribution in [2.24, 2.45) is 0 Å². The van der Waals surface area contributed by atoms with Crippen molar-refractivity contribution in [2.75, 3.05) is 5.32 Å². The molecule has 0 aliphatic carbocycles. The second kappa shape index (κ2) is 5.88. The first-order valence-corrected chi connectivity index (χ1v) is 7.04. The Kier molecular flexibility index (Phi) is 3.79. The number of amides is 1. The highest BCUT2D eigenvalue weighted by Gasteiger charge is 2.10. The number of nitrogens with one attached hydrogen (secondary N) is 2. The van der Waals surface area contributed by atoms with Gasteiger partial charge >= 0.3 is 0 Å². The van der Waals surface area contributed by atoms with Crippen LogP contribution in [0.3, 0.4) is 0 Å². The summed E-state index contributed by atoms with van der Waals surface area (Å²) in [4.78, 5) is 23.2. The van der Waals surface area contributed by atoms with Gasteiger partial charge in [-0.1, -0.05) is 12.1 Å². The van der Waals surface area contributed by atoms with Crippen LogP contribution in [0.15, 0.2) is 59.7 Å². The predicted molar refractivity (Wildman–Crippen MR) is 83.9 cm³/mol. The van der Waals surface area contributed by atoms with Gasteiger partial charge in [-0.3, -0.25) is 4.79 Å². The molecule has 2 N–H and O–H groups in total. The monoisotopic (exact) mass is 342 g/mol. The minimum Gasteiger partial charge on any atom is -0.345 e. The second-order valence-electron chi connectivity index (χ2n) is 4.34. The number of imidazole rings is 1. The summed E-state index contributed by atoms with van der Waals surface area (Å²) in [6, 6.07) is 11.0. The summed E-state index contributed by atoms with van der Waals surface area (Å²) in [7, 11) is 0. The third-order valence-corrected chi connectivity index (χ3v) is 3.59. The lowest BCUT2D eigenvalue weighted by atomic mass is 10.1. The number of pyridine rings is 1. The van der Waals surface area contributed by atoms with Gasteiger partial charge in [0.25, 0.3) is 5.91 Å². The largest absolute Gasteiger partial charge is 0.345 e. The van der Waals surface area contributed by atoms with E-state index in [1.807, 2.05) is 24.3 Å². The minimum absolute atomic E-state index is 0.204. The molecule has 2 aromatic heterocycles. The first-order chi connectivity index (χ1) is 10.2. The number of carbonyl (C=O) groups is 1. The fraction of sp³-hybridized carbons (Fsp3) is 0. The summed E-state index contributed by atoms with van der Waals surface area (Å²) in [5, 5.41) is 2.84. The molecule has 3 rings (SSSR count). The maximum Gasteiger partial charge on any atom is 0.258 e. The molecule has 0 aliphatic rings. The number of carbonyl (C=O) groups excluding carboxylic acids is 1. The van der Waals surface area contributed by atoms with Gasteiger partial charge in [-0.05, 0) is 45.8 Å². The van der Waals surface area contributed by atoms with Crippen LogP contribution in [0, 0.1) is 0 Å². The smallest absolute Gasteiger partial charge is 0.258 e. The van der Waals surface area contributed by atoms with Crippen molar-refractivity contribution in [3.05, 3.63) is 65.3 Å². The van der Waals surface area contributed by atoms with E-state index in [0.717, 1.165) is 16.9 Å². The highest BCUT2D eigenvalue weighted by Crippen LogP contribution is 2.20. The average molecular weight is 343 g/mol. The van der Waals surface area contributed by atoms with Gasteiger partial charge in [-0.25, -0.2) is 9.97 Å². The van der Waals surface area contributed by atoms with Crippen molar-refractivity contribution in [1.82, 2.24) is 15.0 Å². The number of halogens is 1. The van der Waals surface area contributed by atoms with E-state index >= 15 is 0 Å². The van der Waals surface area contributed by atoms with Crippen molar-refractivity contribution in [1.29, 1.82) is 0 Å². The first-order valence-electron chi connectivity index (χ1n) is 6.25. The van der Waals surface area contributed by atoms with Gasteiger partial charge in [0, 0.05) is 11.9 Å². The molecule has 6 heteroatoms. The lowest BCUT2D eigenvalue weighted by Crippen LogP contribution is -2.12. The number of nitrogens with zero attached hydrogens (tertiary/aromatic N) is 2. The van der Waals surface area contributed by atoms with Crippen LogP contribution >= 0.6 is 15.9 Å². The van der Waals surface area contributed by atoms with Crippen LogP contribution in [0.25, 0.3) is 11.3 Å². The third-order valence-electron chi connectivity index (χ3n) is 2.96. The molecular formula is C15H11BrN4O. The van der Waals surface area contributed by atoms with Gasteiger partial charge in [-0.2, -0.15) is 0 Å². The highest BCUT2D eigenvalue weighted by atomic mass is 79.9. The number of aromatic amines is 1. The first kappa shape index (κ1) is 13.5. The summed E-state index contributed by atoms with van der Waals surface area (Å²) in [6.45, 7) is 0. The van der Waals surface area contributed by atoms with Gasteiger partial charge < -0.3 is 10.3 Å². The molecule has 0 radical (unpaired) electrons. The summed E-state index contributed by atoms with van der Waals surface area (Å²) in [6.07, 6.45) is 5.01. The van der Waals surface area contributed by atoms with Gasteiger partial charge in [-0.15, -0.1) is 0 Å². The van der Waals surface area contributed by atoms with E-state index in [4.69, 9.17) is 0 Å². The Hall–Kier alpha value is -2.47. The summed E-state index contributed by atoms with van der Waals surface area (Å²) in [5.74, 6) is -0.204. The molecule has 0 saturated carbocycles. The minimum atomic E-state index is -0.204. The Bertz CT molecular complexity index is 754. The average Bonchev–Trinajstić information content (AvgIpc) is 3.02. The maximum absolute atomic E-state index is 12.2. The zero-order valence-corrected chi connectivity index (χ0v) is 12.5. The standard InChI is InChI=1S/C15H11BrN4O/c16-14-12(2-1-7-18-14)15(21)20-11-5-3-10(4-6-11)13-8-17-9-19-13/h1-9H,(H,17,19)(H,20,21). The predicted octanol–water partition coefficient (Wildman–Crippen LogP) is 3.49. The summed E-state index contributed by atoms with van der Waals surface area (Å²) in [5.41, 5.74) is 3.16. The van der Waals surface area contributed by atoms with E-state index in [9.17, 15) is 4.79 Å². The molecule has 0 fully saturated rings. The van der Waals surface area contributed by atoms with E-state index < -0.39 is 0 Å². The number of aromatic nitrogens is 3. The molecule has 0 saturated heterocycles. The zero-order valence-electron chi connectivity index (χ0n) is 10.9. The third kappa shape index (κ3) is 3.00. The van der Waals surface area contributed by atoms with Crippen LogP contribution in [-0.2, 0) is 0 Å². The lowest BCUT2D eigenvalue weighted by molar-refractivity contribution is 0.102. The zero-order chi connectivity index (χ0) is 14.7. The lowest BCUT2D eigenvalue weighted by Gasteiger charge is -2.07. The molecule has 21 heavy (non-hydrogen) atoms. The van der Waals surface area contributed by atoms with Gasteiger partial charge in [0.15, 0.2) is 0 Å². The Morgan fingerprint density at radius 2 is 2.00 bits per heavy atom. The molecule has 0 spiro atoms. The number of hydrogen-bond acceptors (Lipinski definition) is 3. The molecule has 1 amide bonds. The van der Waals surface area contributed by atoms with Crippen LogP contribution in [0.2, 0.25) is 0 Å². The van der Waals surface area contributed by atoms with Crippen molar-refractivity contribution < 1.29 is 4.79 Å². The Labute approximate surface area is 129 Å². The quantitative estimate of drug-likeness (QED) is 0.715. The number of anilines is 1. The fourth-order valence-electron chi connectivity index (χ4n) is 1.90. The van der Waals surface area contributed by atoms with Crippen molar-refractivity contribution in [2.45, 2.75) is 0 Å². The van der Waals surface area contributed by atoms with Crippen molar-refractivity contribution in [3.8, 4) is 11.3 Å². The van der Waals surface area contributed by atoms with E-state index in [1.165, 1.54) is 0 Å². The molecule has 2 heterocycles. The number of benzene rings is 1. The van der Waals surface area contributed by atoms with E-state index in [1.54, 1.807) is 30.9 Å². The van der Waals surface area contributed by atoms with E-state index in [2.05, 4.69) is 36.2 Å². The SMILES string of the molecule is O=C(Nc1ccc(-c2cnc[nH]2)cc1)c1cccnc1Br. The summed E-state index contributed by atoms with van der Waals surface area (Å²) >= 11 is 3.26. The molecule has 104 valence electrons. The van der Waals surface area contributed by atoms with Crippen LogP contribution in [0.4, 0.5) is 5.69 Å². The number of rotatable bonds is 3. The summed E-state index contributed by atoms with van der Waals surface area (Å²) < 4.78 is 0.525. The highest BCUT2D eigenvalue weighted by molar-refractivity contribution is 9.10. The Morgan fingerprint density at radius 1 is 1.19 bits per heavy atom. The Morgan fingerprint density at radius 3 is 2.67 bits per heavy atom. The number of hydrogen-bond donors (Lipinski definition) is 2. The molecular weight excluding hydrogens is 332 g/mol. The number of H-pyrrole nitrogens is 1. The Balaban J connectivity index is 1.77.